The van der Waals surface area contributed by atoms with E-state index in [0.717, 1.165) is 58.7 Å². The molecule has 1 N–H and O–H groups in total. The molecule has 0 spiro atoms. The lowest BCUT2D eigenvalue weighted by molar-refractivity contribution is 0.492. The third kappa shape index (κ3) is 3.27. The molecule has 1 atom stereocenters. The van der Waals surface area contributed by atoms with Gasteiger partial charge < -0.3 is 9.73 Å². The van der Waals surface area contributed by atoms with E-state index >= 15 is 0 Å². The molecule has 6 rings (SSSR count). The first-order valence-electron chi connectivity index (χ1n) is 10.6. The number of hydrogen-bond acceptors (Lipinski definition) is 5. The summed E-state index contributed by atoms with van der Waals surface area (Å²) in [5.41, 5.74) is 4.72. The standard InChI is InChI=1S/C25H20FN5O/c26-18-8-6-17(7-9-18)23-21(14-31(30-23)19-10-11-27-13-19)24-20-12-22(16-4-2-1-3-5-16)32-25(20)29-15-28-24/h1-9,12,14-15,19,27H,10-11,13H2/t19-/m0/s1. The minimum Gasteiger partial charge on any atom is -0.438 e. The zero-order valence-electron chi connectivity index (χ0n) is 17.2. The van der Waals surface area contributed by atoms with Crippen LogP contribution in [0.5, 0.6) is 0 Å². The van der Waals surface area contributed by atoms with Crippen LogP contribution in [-0.4, -0.2) is 32.8 Å². The molecule has 0 unspecified atom stereocenters. The molecule has 3 aromatic heterocycles. The van der Waals surface area contributed by atoms with Crippen LogP contribution < -0.4 is 5.32 Å². The SMILES string of the molecule is Fc1ccc(-c2nn([C@H]3CCNC3)cc2-c2ncnc3oc(-c4ccccc4)cc23)cc1. The summed E-state index contributed by atoms with van der Waals surface area (Å²) in [5.74, 6) is 0.458. The van der Waals surface area contributed by atoms with Gasteiger partial charge >= 0.3 is 0 Å². The maximum atomic E-state index is 13.6. The normalized spacial score (nSPS) is 16.1. The number of hydrogen-bond donors (Lipinski definition) is 1. The van der Waals surface area contributed by atoms with Crippen molar-refractivity contribution in [3.8, 4) is 33.8 Å². The van der Waals surface area contributed by atoms with Crippen LogP contribution in [-0.2, 0) is 0 Å². The van der Waals surface area contributed by atoms with Gasteiger partial charge in [-0.25, -0.2) is 14.4 Å². The van der Waals surface area contributed by atoms with Crippen molar-refractivity contribution in [3.05, 3.63) is 79.0 Å². The molecule has 1 aliphatic rings. The molecule has 1 aliphatic heterocycles. The smallest absolute Gasteiger partial charge is 0.230 e. The lowest BCUT2D eigenvalue weighted by Gasteiger charge is -2.07. The number of benzene rings is 2. The zero-order valence-corrected chi connectivity index (χ0v) is 17.2. The summed E-state index contributed by atoms with van der Waals surface area (Å²) in [4.78, 5) is 8.96. The van der Waals surface area contributed by atoms with E-state index in [2.05, 4.69) is 15.3 Å². The fourth-order valence-corrected chi connectivity index (χ4v) is 4.25. The number of furan rings is 1. The third-order valence-corrected chi connectivity index (χ3v) is 5.90. The molecule has 0 saturated carbocycles. The zero-order chi connectivity index (χ0) is 21.5. The van der Waals surface area contributed by atoms with Gasteiger partial charge in [0.05, 0.1) is 17.1 Å². The van der Waals surface area contributed by atoms with Gasteiger partial charge in [-0.05, 0) is 43.3 Å². The predicted molar refractivity (Wildman–Crippen MR) is 120 cm³/mol. The molecule has 0 radical (unpaired) electrons. The fourth-order valence-electron chi connectivity index (χ4n) is 4.25. The Balaban J connectivity index is 1.54. The maximum absolute atomic E-state index is 13.6. The van der Waals surface area contributed by atoms with Gasteiger partial charge in [0, 0.05) is 29.4 Å². The summed E-state index contributed by atoms with van der Waals surface area (Å²) in [6, 6.07) is 18.6. The van der Waals surface area contributed by atoms with E-state index in [0.29, 0.717) is 5.71 Å². The third-order valence-electron chi connectivity index (χ3n) is 5.90. The van der Waals surface area contributed by atoms with Crippen molar-refractivity contribution in [1.29, 1.82) is 0 Å². The van der Waals surface area contributed by atoms with E-state index in [-0.39, 0.29) is 11.9 Å². The lowest BCUT2D eigenvalue weighted by Crippen LogP contribution is -2.13. The van der Waals surface area contributed by atoms with Gasteiger partial charge in [0.15, 0.2) is 0 Å². The minimum absolute atomic E-state index is 0.268. The number of rotatable bonds is 4. The van der Waals surface area contributed by atoms with E-state index in [1.807, 2.05) is 47.3 Å². The molecule has 6 nitrogen and oxygen atoms in total. The maximum Gasteiger partial charge on any atom is 0.230 e. The second kappa shape index (κ2) is 7.69. The first kappa shape index (κ1) is 18.9. The van der Waals surface area contributed by atoms with Crippen LogP contribution in [0.2, 0.25) is 0 Å². The summed E-state index contributed by atoms with van der Waals surface area (Å²) < 4.78 is 21.6. The highest BCUT2D eigenvalue weighted by Gasteiger charge is 2.23. The van der Waals surface area contributed by atoms with Crippen LogP contribution in [0.15, 0.2) is 77.6 Å². The molecule has 0 aliphatic carbocycles. The molecule has 7 heteroatoms. The molecule has 32 heavy (non-hydrogen) atoms. The first-order valence-corrected chi connectivity index (χ1v) is 10.6. The molecular formula is C25H20FN5O. The van der Waals surface area contributed by atoms with Crippen LogP contribution in [0, 0.1) is 5.82 Å². The molecule has 1 fully saturated rings. The van der Waals surface area contributed by atoms with E-state index < -0.39 is 0 Å². The van der Waals surface area contributed by atoms with Crippen LogP contribution in [0.3, 0.4) is 0 Å². The van der Waals surface area contributed by atoms with E-state index in [1.165, 1.54) is 18.5 Å². The van der Waals surface area contributed by atoms with Crippen LogP contribution in [0.4, 0.5) is 4.39 Å². The minimum atomic E-state index is -0.276. The van der Waals surface area contributed by atoms with Gasteiger partial charge in [0.2, 0.25) is 5.71 Å². The average molecular weight is 425 g/mol. The second-order valence-electron chi connectivity index (χ2n) is 7.94. The Morgan fingerprint density at radius 2 is 1.81 bits per heavy atom. The van der Waals surface area contributed by atoms with E-state index in [4.69, 9.17) is 9.52 Å². The highest BCUT2D eigenvalue weighted by atomic mass is 19.1. The molecule has 2 aromatic carbocycles. The number of nitrogens with one attached hydrogen (secondary N) is 1. The Bertz CT molecular complexity index is 1390. The predicted octanol–water partition coefficient (Wildman–Crippen LogP) is 5.09. The quantitative estimate of drug-likeness (QED) is 0.434. The lowest BCUT2D eigenvalue weighted by atomic mass is 10.0. The van der Waals surface area contributed by atoms with Crippen molar-refractivity contribution < 1.29 is 8.81 Å². The Morgan fingerprint density at radius 1 is 0.969 bits per heavy atom. The highest BCUT2D eigenvalue weighted by molar-refractivity contribution is 5.95. The van der Waals surface area contributed by atoms with Crippen molar-refractivity contribution in [1.82, 2.24) is 25.1 Å². The number of nitrogens with zero attached hydrogens (tertiary/aromatic N) is 4. The Kier molecular flexibility index (Phi) is 4.54. The molecule has 1 saturated heterocycles. The number of fused-ring (bicyclic) bond motifs is 1. The van der Waals surface area contributed by atoms with Crippen molar-refractivity contribution in [3.63, 3.8) is 0 Å². The first-order chi connectivity index (χ1) is 15.8. The monoisotopic (exact) mass is 425 g/mol. The summed E-state index contributed by atoms with van der Waals surface area (Å²) in [6.07, 6.45) is 4.55. The summed E-state index contributed by atoms with van der Waals surface area (Å²) >= 11 is 0. The number of halogens is 1. The van der Waals surface area contributed by atoms with Gasteiger partial charge in [-0.3, -0.25) is 4.68 Å². The molecule has 0 bridgehead atoms. The Morgan fingerprint density at radius 3 is 2.59 bits per heavy atom. The van der Waals surface area contributed by atoms with Gasteiger partial charge in [-0.15, -0.1) is 0 Å². The Hall–Kier alpha value is -3.84. The summed E-state index contributed by atoms with van der Waals surface area (Å²) in [5, 5.41) is 9.11. The highest BCUT2D eigenvalue weighted by Crippen LogP contribution is 2.37. The van der Waals surface area contributed by atoms with Crippen molar-refractivity contribution >= 4 is 11.1 Å². The molecule has 4 heterocycles. The van der Waals surface area contributed by atoms with Crippen LogP contribution in [0.1, 0.15) is 12.5 Å². The van der Waals surface area contributed by atoms with Gasteiger partial charge in [-0.1, -0.05) is 30.3 Å². The average Bonchev–Trinajstić information content (AvgIpc) is 3.59. The van der Waals surface area contributed by atoms with Gasteiger partial charge in [-0.2, -0.15) is 5.10 Å². The molecule has 158 valence electrons. The van der Waals surface area contributed by atoms with Crippen LogP contribution in [0.25, 0.3) is 44.9 Å². The Labute approximate surface area is 183 Å². The van der Waals surface area contributed by atoms with Crippen LogP contribution >= 0.6 is 0 Å². The topological polar surface area (TPSA) is 68.8 Å². The second-order valence-corrected chi connectivity index (χ2v) is 7.94. The molecule has 5 aromatic rings. The largest absolute Gasteiger partial charge is 0.438 e. The summed E-state index contributed by atoms with van der Waals surface area (Å²) in [7, 11) is 0. The molecule has 0 amide bonds. The van der Waals surface area contributed by atoms with E-state index in [9.17, 15) is 4.39 Å². The van der Waals surface area contributed by atoms with E-state index in [1.54, 1.807) is 12.1 Å². The fraction of sp³-hybridized carbons (Fsp3) is 0.160. The van der Waals surface area contributed by atoms with Crippen molar-refractivity contribution in [2.45, 2.75) is 12.5 Å². The van der Waals surface area contributed by atoms with Gasteiger partial charge in [0.25, 0.3) is 0 Å². The van der Waals surface area contributed by atoms with Crippen molar-refractivity contribution in [2.24, 2.45) is 0 Å². The van der Waals surface area contributed by atoms with Crippen molar-refractivity contribution in [2.75, 3.05) is 13.1 Å². The molecular weight excluding hydrogens is 405 g/mol. The summed E-state index contributed by atoms with van der Waals surface area (Å²) in [6.45, 7) is 1.83. The van der Waals surface area contributed by atoms with Gasteiger partial charge in [0.1, 0.15) is 23.6 Å². The number of aromatic nitrogens is 4.